The largest absolute Gasteiger partial charge is 0.390 e. The molecule has 0 aromatic carbocycles. The van der Waals surface area contributed by atoms with Crippen LogP contribution in [0.2, 0.25) is 0 Å². The highest BCUT2D eigenvalue weighted by molar-refractivity contribution is 5.85. The van der Waals surface area contributed by atoms with Crippen molar-refractivity contribution in [2.45, 2.75) is 25.0 Å². The van der Waals surface area contributed by atoms with Crippen molar-refractivity contribution in [2.24, 2.45) is 0 Å². The van der Waals surface area contributed by atoms with Gasteiger partial charge in [-0.1, -0.05) is 0 Å². The summed E-state index contributed by atoms with van der Waals surface area (Å²) in [5, 5.41) is 13.9. The zero-order chi connectivity index (χ0) is 18.1. The molecule has 2 aromatic rings. The number of halogens is 2. The summed E-state index contributed by atoms with van der Waals surface area (Å²) < 4.78 is 0. The predicted molar refractivity (Wildman–Crippen MR) is 116 cm³/mol. The zero-order valence-corrected chi connectivity index (χ0v) is 17.8. The molecule has 0 aliphatic carbocycles. The predicted octanol–water partition coefficient (Wildman–Crippen LogP) is 1.18. The van der Waals surface area contributed by atoms with Crippen LogP contribution in [0, 0.1) is 0 Å². The Morgan fingerprint density at radius 1 is 1.14 bits per heavy atom. The lowest BCUT2D eigenvalue weighted by Crippen LogP contribution is -2.38. The molecule has 0 bridgehead atoms. The quantitative estimate of drug-likeness (QED) is 0.762. The summed E-state index contributed by atoms with van der Waals surface area (Å²) in [6.07, 6.45) is 5.00. The van der Waals surface area contributed by atoms with Crippen LogP contribution in [-0.2, 0) is 12.8 Å². The van der Waals surface area contributed by atoms with Gasteiger partial charge in [0.15, 0.2) is 5.82 Å². The van der Waals surface area contributed by atoms with Gasteiger partial charge in [-0.3, -0.25) is 4.98 Å². The van der Waals surface area contributed by atoms with E-state index in [0.29, 0.717) is 6.54 Å². The summed E-state index contributed by atoms with van der Waals surface area (Å²) in [5.74, 6) is 1.69. The molecule has 28 heavy (non-hydrogen) atoms. The maximum absolute atomic E-state index is 10.5. The van der Waals surface area contributed by atoms with E-state index in [4.69, 9.17) is 9.97 Å². The second-order valence-electron chi connectivity index (χ2n) is 7.29. The molecular formula is C19H28Cl2N6O. The molecule has 2 aliphatic rings. The van der Waals surface area contributed by atoms with Crippen LogP contribution in [0.4, 0.5) is 5.82 Å². The second kappa shape index (κ2) is 9.80. The number of nitrogens with one attached hydrogen (secondary N) is 1. The van der Waals surface area contributed by atoms with E-state index < -0.39 is 0 Å². The van der Waals surface area contributed by atoms with Crippen molar-refractivity contribution in [1.29, 1.82) is 0 Å². The first-order chi connectivity index (χ1) is 12.6. The molecule has 2 atom stereocenters. The van der Waals surface area contributed by atoms with Crippen LogP contribution >= 0.6 is 24.8 Å². The first kappa shape index (κ1) is 22.8. The van der Waals surface area contributed by atoms with Crippen LogP contribution in [0.5, 0.6) is 0 Å². The normalized spacial score (nSPS) is 21.5. The SMILES string of the molecule is CN(C)[C@H]1CN(c2nc(-c3cccnc3)nc3c2CCNCC3)C[C@@H]1O.Cl.Cl. The highest BCUT2D eigenvalue weighted by Gasteiger charge is 2.35. The van der Waals surface area contributed by atoms with Crippen molar-refractivity contribution in [2.75, 3.05) is 45.2 Å². The molecule has 9 heteroatoms. The molecule has 7 nitrogen and oxygen atoms in total. The number of hydrogen-bond acceptors (Lipinski definition) is 7. The first-order valence-electron chi connectivity index (χ1n) is 9.24. The lowest BCUT2D eigenvalue weighted by molar-refractivity contribution is 0.114. The monoisotopic (exact) mass is 426 g/mol. The zero-order valence-electron chi connectivity index (χ0n) is 16.2. The Balaban J connectivity index is 0.00000140. The molecule has 2 aliphatic heterocycles. The van der Waals surface area contributed by atoms with Crippen molar-refractivity contribution in [1.82, 2.24) is 25.2 Å². The van der Waals surface area contributed by atoms with Crippen molar-refractivity contribution in [3.63, 3.8) is 0 Å². The maximum atomic E-state index is 10.5. The third-order valence-corrected chi connectivity index (χ3v) is 5.30. The fraction of sp³-hybridized carbons (Fsp3) is 0.526. The molecule has 0 saturated carbocycles. The summed E-state index contributed by atoms with van der Waals surface area (Å²) in [6.45, 7) is 3.24. The average Bonchev–Trinajstić information content (AvgIpc) is 2.88. The van der Waals surface area contributed by atoms with E-state index in [-0.39, 0.29) is 37.0 Å². The Morgan fingerprint density at radius 2 is 1.93 bits per heavy atom. The van der Waals surface area contributed by atoms with E-state index in [9.17, 15) is 5.11 Å². The van der Waals surface area contributed by atoms with Crippen LogP contribution in [0.25, 0.3) is 11.4 Å². The van der Waals surface area contributed by atoms with Gasteiger partial charge in [0, 0.05) is 49.6 Å². The molecule has 1 saturated heterocycles. The summed E-state index contributed by atoms with van der Waals surface area (Å²) in [6, 6.07) is 4.02. The molecule has 0 unspecified atom stereocenters. The summed E-state index contributed by atoms with van der Waals surface area (Å²) in [4.78, 5) is 18.3. The van der Waals surface area contributed by atoms with E-state index in [1.165, 1.54) is 5.56 Å². The van der Waals surface area contributed by atoms with Gasteiger partial charge in [0.25, 0.3) is 0 Å². The fourth-order valence-electron chi connectivity index (χ4n) is 3.86. The molecule has 4 heterocycles. The standard InChI is InChI=1S/C19H26N6O.2ClH/c1-24(2)16-11-25(12-17(16)26)19-14-5-8-20-9-6-15(14)22-18(23-19)13-4-3-7-21-10-13;;/h3-4,7,10,16-17,20,26H,5-6,8-9,11-12H2,1-2H3;2*1H/t16-,17-;;/m0../s1. The molecule has 0 spiro atoms. The third kappa shape index (κ3) is 4.55. The van der Waals surface area contributed by atoms with Crippen LogP contribution < -0.4 is 10.2 Å². The van der Waals surface area contributed by atoms with Gasteiger partial charge < -0.3 is 20.2 Å². The van der Waals surface area contributed by atoms with Gasteiger partial charge in [-0.15, -0.1) is 24.8 Å². The molecular weight excluding hydrogens is 399 g/mol. The number of hydrogen-bond donors (Lipinski definition) is 2. The minimum atomic E-state index is -0.374. The van der Waals surface area contributed by atoms with E-state index >= 15 is 0 Å². The smallest absolute Gasteiger partial charge is 0.163 e. The molecule has 2 N–H and O–H groups in total. The fourth-order valence-corrected chi connectivity index (χ4v) is 3.86. The number of fused-ring (bicyclic) bond motifs is 1. The second-order valence-corrected chi connectivity index (χ2v) is 7.29. The van der Waals surface area contributed by atoms with Crippen molar-refractivity contribution >= 4 is 30.6 Å². The molecule has 1 fully saturated rings. The molecule has 0 amide bonds. The van der Waals surface area contributed by atoms with E-state index in [1.54, 1.807) is 6.20 Å². The van der Waals surface area contributed by atoms with Gasteiger partial charge in [0.2, 0.25) is 0 Å². The Morgan fingerprint density at radius 3 is 2.61 bits per heavy atom. The average molecular weight is 427 g/mol. The number of β-amino-alcohol motifs (C(OH)–C–C–N with tert-alkyl or cyclic N) is 1. The lowest BCUT2D eigenvalue weighted by atomic mass is 10.1. The van der Waals surface area contributed by atoms with Crippen molar-refractivity contribution in [3.8, 4) is 11.4 Å². The van der Waals surface area contributed by atoms with Gasteiger partial charge in [0.05, 0.1) is 17.8 Å². The van der Waals surface area contributed by atoms with E-state index in [2.05, 4.69) is 20.1 Å². The topological polar surface area (TPSA) is 77.4 Å². The lowest BCUT2D eigenvalue weighted by Gasteiger charge is -2.24. The number of pyridine rings is 1. The molecule has 2 aromatic heterocycles. The van der Waals surface area contributed by atoms with Crippen LogP contribution in [0.15, 0.2) is 24.5 Å². The minimum absolute atomic E-state index is 0. The van der Waals surface area contributed by atoms with Gasteiger partial charge in [-0.05, 0) is 39.2 Å². The Labute approximate surface area is 178 Å². The van der Waals surface area contributed by atoms with Crippen LogP contribution in [-0.4, -0.2) is 77.4 Å². The number of likely N-dealkylation sites (N-methyl/N-ethyl adjacent to an activating group) is 1. The van der Waals surface area contributed by atoms with Gasteiger partial charge in [-0.2, -0.15) is 0 Å². The number of anilines is 1. The van der Waals surface area contributed by atoms with Crippen LogP contribution in [0.1, 0.15) is 11.3 Å². The van der Waals surface area contributed by atoms with Crippen molar-refractivity contribution in [3.05, 3.63) is 35.8 Å². The maximum Gasteiger partial charge on any atom is 0.163 e. The summed E-state index contributed by atoms with van der Waals surface area (Å²) in [7, 11) is 4.03. The summed E-state index contributed by atoms with van der Waals surface area (Å²) in [5.41, 5.74) is 3.26. The highest BCUT2D eigenvalue weighted by atomic mass is 35.5. The van der Waals surface area contributed by atoms with Gasteiger partial charge in [-0.25, -0.2) is 9.97 Å². The third-order valence-electron chi connectivity index (χ3n) is 5.30. The number of rotatable bonds is 3. The number of aromatic nitrogens is 3. The number of aliphatic hydroxyl groups is 1. The van der Waals surface area contributed by atoms with Crippen molar-refractivity contribution < 1.29 is 5.11 Å². The van der Waals surface area contributed by atoms with Gasteiger partial charge >= 0.3 is 0 Å². The van der Waals surface area contributed by atoms with E-state index in [0.717, 1.165) is 55.4 Å². The number of nitrogens with zero attached hydrogens (tertiary/aromatic N) is 5. The minimum Gasteiger partial charge on any atom is -0.390 e. The summed E-state index contributed by atoms with van der Waals surface area (Å²) >= 11 is 0. The molecule has 4 rings (SSSR count). The van der Waals surface area contributed by atoms with Crippen LogP contribution in [0.3, 0.4) is 0 Å². The first-order valence-corrected chi connectivity index (χ1v) is 9.24. The van der Waals surface area contributed by atoms with Gasteiger partial charge in [0.1, 0.15) is 5.82 Å². The Hall–Kier alpha value is -1.51. The van der Waals surface area contributed by atoms with E-state index in [1.807, 2.05) is 32.4 Å². The number of aliphatic hydroxyl groups excluding tert-OH is 1. The highest BCUT2D eigenvalue weighted by Crippen LogP contribution is 2.30. The molecule has 154 valence electrons. The molecule has 0 radical (unpaired) electrons. The Bertz CT molecular complexity index is 777. The Kier molecular flexibility index (Phi) is 7.97.